The predicted octanol–water partition coefficient (Wildman–Crippen LogP) is 4.00. The van der Waals surface area contributed by atoms with Crippen LogP contribution in [0.3, 0.4) is 0 Å². The van der Waals surface area contributed by atoms with Crippen molar-refractivity contribution >= 4 is 0 Å². The minimum atomic E-state index is 0.0892. The van der Waals surface area contributed by atoms with Gasteiger partial charge in [-0.25, -0.2) is 0 Å². The van der Waals surface area contributed by atoms with E-state index in [1.165, 1.54) is 25.7 Å². The van der Waals surface area contributed by atoms with Crippen molar-refractivity contribution in [2.75, 3.05) is 13.6 Å². The molecule has 2 heteroatoms. The van der Waals surface area contributed by atoms with Crippen LogP contribution < -0.4 is 5.32 Å². The van der Waals surface area contributed by atoms with Crippen LogP contribution in [0.2, 0.25) is 0 Å². The first-order chi connectivity index (χ1) is 8.33. The molecule has 1 saturated carbocycles. The molecule has 0 aromatic rings. The predicted molar refractivity (Wildman–Crippen MR) is 78.9 cm³/mol. The molecule has 0 radical (unpaired) electrons. The van der Waals surface area contributed by atoms with Crippen LogP contribution in [0.5, 0.6) is 0 Å². The molecule has 1 atom stereocenters. The Labute approximate surface area is 114 Å². The van der Waals surface area contributed by atoms with Crippen molar-refractivity contribution in [3.8, 4) is 0 Å². The van der Waals surface area contributed by atoms with Gasteiger partial charge in [-0.2, -0.15) is 0 Å². The summed E-state index contributed by atoms with van der Waals surface area (Å²) >= 11 is 0. The van der Waals surface area contributed by atoms with Crippen LogP contribution in [-0.2, 0) is 4.74 Å². The van der Waals surface area contributed by atoms with Gasteiger partial charge in [-0.3, -0.25) is 0 Å². The highest BCUT2D eigenvalue weighted by Gasteiger charge is 2.39. The zero-order chi connectivity index (χ0) is 13.8. The molecule has 0 spiro atoms. The van der Waals surface area contributed by atoms with Crippen molar-refractivity contribution in [2.24, 2.45) is 11.3 Å². The van der Waals surface area contributed by atoms with E-state index in [9.17, 15) is 0 Å². The second kappa shape index (κ2) is 6.38. The summed E-state index contributed by atoms with van der Waals surface area (Å²) in [4.78, 5) is 0. The third-order valence-corrected chi connectivity index (χ3v) is 4.65. The summed E-state index contributed by atoms with van der Waals surface area (Å²) in [5.74, 6) is 0.850. The van der Waals surface area contributed by atoms with Gasteiger partial charge >= 0.3 is 0 Å². The SMILES string of the molecule is CCC(C)OC1(CNC)CCC(C(C)(C)C)CC1. The molecule has 1 aliphatic carbocycles. The van der Waals surface area contributed by atoms with Crippen molar-refractivity contribution in [1.29, 1.82) is 0 Å². The zero-order valence-electron chi connectivity index (χ0n) is 13.3. The summed E-state index contributed by atoms with van der Waals surface area (Å²) < 4.78 is 6.37. The van der Waals surface area contributed by atoms with Gasteiger partial charge in [0.2, 0.25) is 0 Å². The summed E-state index contributed by atoms with van der Waals surface area (Å²) in [7, 11) is 2.04. The van der Waals surface area contributed by atoms with Crippen LogP contribution in [0, 0.1) is 11.3 Å². The lowest BCUT2D eigenvalue weighted by Crippen LogP contribution is -2.48. The lowest BCUT2D eigenvalue weighted by molar-refractivity contribution is -0.117. The molecule has 18 heavy (non-hydrogen) atoms. The van der Waals surface area contributed by atoms with E-state index in [1.807, 2.05) is 7.05 Å². The fourth-order valence-electron chi connectivity index (χ4n) is 3.18. The third kappa shape index (κ3) is 4.24. The van der Waals surface area contributed by atoms with Crippen molar-refractivity contribution in [3.63, 3.8) is 0 Å². The Morgan fingerprint density at radius 3 is 2.22 bits per heavy atom. The molecule has 0 aromatic heterocycles. The Balaban J connectivity index is 2.62. The maximum atomic E-state index is 6.37. The number of likely N-dealkylation sites (N-methyl/N-ethyl adjacent to an activating group) is 1. The van der Waals surface area contributed by atoms with Crippen molar-refractivity contribution in [3.05, 3.63) is 0 Å². The molecule has 0 saturated heterocycles. The van der Waals surface area contributed by atoms with E-state index >= 15 is 0 Å². The van der Waals surface area contributed by atoms with Crippen molar-refractivity contribution < 1.29 is 4.74 Å². The smallest absolute Gasteiger partial charge is 0.0810 e. The molecule has 0 amide bonds. The minimum Gasteiger partial charge on any atom is -0.371 e. The molecule has 1 fully saturated rings. The monoisotopic (exact) mass is 255 g/mol. The Hall–Kier alpha value is -0.0800. The summed E-state index contributed by atoms with van der Waals surface area (Å²) in [6, 6.07) is 0. The molecule has 108 valence electrons. The highest BCUT2D eigenvalue weighted by Crippen LogP contribution is 2.43. The molecule has 0 heterocycles. The summed E-state index contributed by atoms with van der Waals surface area (Å²) in [6.45, 7) is 12.5. The Kier molecular flexibility index (Phi) is 5.67. The van der Waals surface area contributed by atoms with Gasteiger partial charge in [0.05, 0.1) is 11.7 Å². The van der Waals surface area contributed by atoms with Gasteiger partial charge in [0, 0.05) is 6.54 Å². The number of hydrogen-bond donors (Lipinski definition) is 1. The fourth-order valence-corrected chi connectivity index (χ4v) is 3.18. The normalized spacial score (nSPS) is 31.3. The summed E-state index contributed by atoms with van der Waals surface area (Å²) in [5.41, 5.74) is 0.536. The minimum absolute atomic E-state index is 0.0892. The van der Waals surface area contributed by atoms with Crippen LogP contribution in [-0.4, -0.2) is 25.3 Å². The van der Waals surface area contributed by atoms with Crippen LogP contribution >= 0.6 is 0 Å². The van der Waals surface area contributed by atoms with Crippen molar-refractivity contribution in [2.45, 2.75) is 78.4 Å². The third-order valence-electron chi connectivity index (χ3n) is 4.65. The van der Waals surface area contributed by atoms with Gasteiger partial charge in [-0.15, -0.1) is 0 Å². The van der Waals surface area contributed by atoms with Gasteiger partial charge < -0.3 is 10.1 Å². The van der Waals surface area contributed by atoms with Gasteiger partial charge in [0.15, 0.2) is 0 Å². The maximum Gasteiger partial charge on any atom is 0.0810 e. The largest absolute Gasteiger partial charge is 0.371 e. The van der Waals surface area contributed by atoms with E-state index in [4.69, 9.17) is 4.74 Å². The highest BCUT2D eigenvalue weighted by molar-refractivity contribution is 4.92. The van der Waals surface area contributed by atoms with Crippen LogP contribution in [0.25, 0.3) is 0 Å². The van der Waals surface area contributed by atoms with E-state index in [-0.39, 0.29) is 5.60 Å². The second-order valence-electron chi connectivity index (χ2n) is 7.19. The molecule has 1 unspecified atom stereocenters. The topological polar surface area (TPSA) is 21.3 Å². The molecule has 1 aliphatic rings. The van der Waals surface area contributed by atoms with Gasteiger partial charge in [0.1, 0.15) is 0 Å². The molecular weight excluding hydrogens is 222 g/mol. The average molecular weight is 255 g/mol. The average Bonchev–Trinajstić information content (AvgIpc) is 2.28. The Morgan fingerprint density at radius 2 is 1.83 bits per heavy atom. The van der Waals surface area contributed by atoms with Crippen molar-refractivity contribution in [1.82, 2.24) is 5.32 Å². The number of ether oxygens (including phenoxy) is 1. The molecule has 1 rings (SSSR count). The Bertz CT molecular complexity index is 236. The van der Waals surface area contributed by atoms with E-state index in [2.05, 4.69) is 39.9 Å². The number of nitrogens with one attached hydrogen (secondary N) is 1. The van der Waals surface area contributed by atoms with E-state index in [1.54, 1.807) is 0 Å². The van der Waals surface area contributed by atoms with Gasteiger partial charge in [0.25, 0.3) is 0 Å². The second-order valence-corrected chi connectivity index (χ2v) is 7.19. The first-order valence-electron chi connectivity index (χ1n) is 7.65. The standard InChI is InChI=1S/C16H33NO/c1-7-13(2)18-16(12-17-6)10-8-14(9-11-16)15(3,4)5/h13-14,17H,7-12H2,1-6H3. The molecule has 2 nitrogen and oxygen atoms in total. The lowest BCUT2D eigenvalue weighted by Gasteiger charge is -2.45. The molecular formula is C16H33NO. The van der Waals surface area contributed by atoms with E-state index in [0.29, 0.717) is 11.5 Å². The maximum absolute atomic E-state index is 6.37. The van der Waals surface area contributed by atoms with Crippen LogP contribution in [0.4, 0.5) is 0 Å². The first-order valence-corrected chi connectivity index (χ1v) is 7.65. The quantitative estimate of drug-likeness (QED) is 0.802. The van der Waals surface area contributed by atoms with Crippen LogP contribution in [0.15, 0.2) is 0 Å². The molecule has 0 aromatic carbocycles. The van der Waals surface area contributed by atoms with Crippen LogP contribution in [0.1, 0.15) is 66.7 Å². The van der Waals surface area contributed by atoms with E-state index in [0.717, 1.165) is 18.9 Å². The highest BCUT2D eigenvalue weighted by atomic mass is 16.5. The zero-order valence-corrected chi connectivity index (χ0v) is 13.3. The number of hydrogen-bond acceptors (Lipinski definition) is 2. The van der Waals surface area contributed by atoms with Gasteiger partial charge in [-0.1, -0.05) is 27.7 Å². The van der Waals surface area contributed by atoms with Gasteiger partial charge in [-0.05, 0) is 57.4 Å². The summed E-state index contributed by atoms with van der Waals surface area (Å²) in [6.07, 6.45) is 6.52. The van der Waals surface area contributed by atoms with E-state index < -0.39 is 0 Å². The fraction of sp³-hybridized carbons (Fsp3) is 1.00. The molecule has 0 aliphatic heterocycles. The Morgan fingerprint density at radius 1 is 1.28 bits per heavy atom. The lowest BCUT2D eigenvalue weighted by atomic mass is 9.68. The molecule has 0 bridgehead atoms. The molecule has 1 N–H and O–H groups in total. The summed E-state index contributed by atoms with van der Waals surface area (Å²) in [5, 5.41) is 3.34. The number of rotatable bonds is 5. The first kappa shape index (κ1) is 16.0.